The second kappa shape index (κ2) is 6.49. The molecule has 0 radical (unpaired) electrons. The van der Waals surface area contributed by atoms with Crippen LogP contribution in [0.1, 0.15) is 33.1 Å². The first-order valence-corrected chi connectivity index (χ1v) is 5.37. The van der Waals surface area contributed by atoms with Crippen molar-refractivity contribution in [2.75, 3.05) is 0 Å². The van der Waals surface area contributed by atoms with Gasteiger partial charge in [0.25, 0.3) is 0 Å². The van der Waals surface area contributed by atoms with Crippen LogP contribution in [0.5, 0.6) is 0 Å². The first-order chi connectivity index (χ1) is 6.02. The summed E-state index contributed by atoms with van der Waals surface area (Å²) in [7, 11) is 0. The Hall–Kier alpha value is 0.0400. The van der Waals surface area contributed by atoms with Gasteiger partial charge in [0.2, 0.25) is 0 Å². The Morgan fingerprint density at radius 1 is 1.00 bits per heavy atom. The minimum Gasteiger partial charge on any atom is -0.287 e. The lowest BCUT2D eigenvalue weighted by molar-refractivity contribution is -0.117. The molecule has 0 aliphatic carbocycles. The van der Waals surface area contributed by atoms with Gasteiger partial charge in [0.1, 0.15) is 0 Å². The lowest BCUT2D eigenvalue weighted by atomic mass is 9.92. The van der Waals surface area contributed by atoms with Crippen molar-refractivity contribution in [2.45, 2.75) is 33.1 Å². The van der Waals surface area contributed by atoms with E-state index in [1.54, 1.807) is 0 Å². The lowest BCUT2D eigenvalue weighted by Crippen LogP contribution is -2.17. The van der Waals surface area contributed by atoms with Crippen LogP contribution < -0.4 is 0 Å². The van der Waals surface area contributed by atoms with Crippen molar-refractivity contribution in [1.29, 1.82) is 0 Å². The molecule has 0 saturated heterocycles. The van der Waals surface area contributed by atoms with E-state index in [-0.39, 0.29) is 22.1 Å². The molecule has 0 aromatic carbocycles. The first-order valence-electron chi connectivity index (χ1n) is 4.48. The first kappa shape index (κ1) is 13.0. The average molecular weight is 220 g/mol. The highest BCUT2D eigenvalue weighted by Gasteiger charge is 2.21. The predicted octanol–water partition coefficient (Wildman–Crippen LogP) is 2.34. The highest BCUT2D eigenvalue weighted by molar-refractivity contribution is 7.96. The van der Waals surface area contributed by atoms with Crippen molar-refractivity contribution < 1.29 is 9.59 Å². The molecule has 2 nitrogen and oxygen atoms in total. The molecule has 76 valence electrons. The van der Waals surface area contributed by atoms with E-state index in [4.69, 9.17) is 0 Å². The largest absolute Gasteiger partial charge is 0.287 e. The SMILES string of the molecule is CCC(CC(CC)C(=O)S)C(=O)S. The Bertz CT molecular complexity index is 172. The topological polar surface area (TPSA) is 34.1 Å². The summed E-state index contributed by atoms with van der Waals surface area (Å²) in [5, 5.41) is -0.258. The summed E-state index contributed by atoms with van der Waals surface area (Å²) in [4.78, 5) is 22.0. The van der Waals surface area contributed by atoms with Crippen LogP contribution in [0.3, 0.4) is 0 Å². The number of carbonyl (C=O) groups excluding carboxylic acids is 2. The van der Waals surface area contributed by atoms with Crippen LogP contribution in [-0.4, -0.2) is 10.2 Å². The molecular formula is C9H16O2S2. The molecule has 0 fully saturated rings. The van der Waals surface area contributed by atoms with E-state index in [9.17, 15) is 9.59 Å². The summed E-state index contributed by atoms with van der Waals surface area (Å²) in [6.07, 6.45) is 2.05. The van der Waals surface area contributed by atoms with Gasteiger partial charge in [-0.2, -0.15) is 0 Å². The molecule has 0 amide bonds. The maximum Gasteiger partial charge on any atom is 0.189 e. The molecule has 2 unspecified atom stereocenters. The Morgan fingerprint density at radius 3 is 1.46 bits per heavy atom. The molecule has 2 atom stereocenters. The smallest absolute Gasteiger partial charge is 0.189 e. The molecule has 0 aromatic heterocycles. The molecule has 0 rings (SSSR count). The molecule has 0 heterocycles. The molecule has 0 aliphatic heterocycles. The molecule has 0 aromatic rings. The third-order valence-corrected chi connectivity index (χ3v) is 2.98. The van der Waals surface area contributed by atoms with Crippen LogP contribution in [0.4, 0.5) is 0 Å². The van der Waals surface area contributed by atoms with Crippen LogP contribution in [0.2, 0.25) is 0 Å². The number of hydrogen-bond acceptors (Lipinski definition) is 2. The fourth-order valence-electron chi connectivity index (χ4n) is 1.23. The molecular weight excluding hydrogens is 204 g/mol. The van der Waals surface area contributed by atoms with E-state index in [2.05, 4.69) is 25.3 Å². The van der Waals surface area contributed by atoms with Crippen LogP contribution in [0.15, 0.2) is 0 Å². The van der Waals surface area contributed by atoms with Crippen molar-refractivity contribution in [2.24, 2.45) is 11.8 Å². The van der Waals surface area contributed by atoms with E-state index < -0.39 is 0 Å². The van der Waals surface area contributed by atoms with Crippen LogP contribution in [0, 0.1) is 11.8 Å². The van der Waals surface area contributed by atoms with Gasteiger partial charge in [0.15, 0.2) is 10.2 Å². The van der Waals surface area contributed by atoms with Gasteiger partial charge in [-0.15, -0.1) is 25.3 Å². The molecule has 0 aliphatic rings. The van der Waals surface area contributed by atoms with E-state index in [1.165, 1.54) is 0 Å². The van der Waals surface area contributed by atoms with Crippen molar-refractivity contribution in [3.8, 4) is 0 Å². The second-order valence-electron chi connectivity index (χ2n) is 3.12. The van der Waals surface area contributed by atoms with Crippen LogP contribution in [0.25, 0.3) is 0 Å². The van der Waals surface area contributed by atoms with Crippen molar-refractivity contribution in [3.05, 3.63) is 0 Å². The van der Waals surface area contributed by atoms with Crippen molar-refractivity contribution in [3.63, 3.8) is 0 Å². The summed E-state index contributed by atoms with van der Waals surface area (Å²) in [5.74, 6) is -0.214. The van der Waals surface area contributed by atoms with Crippen molar-refractivity contribution >= 4 is 35.5 Å². The third kappa shape index (κ3) is 4.72. The van der Waals surface area contributed by atoms with E-state index in [0.717, 1.165) is 12.8 Å². The summed E-state index contributed by atoms with van der Waals surface area (Å²) < 4.78 is 0. The number of thiol groups is 2. The predicted molar refractivity (Wildman–Crippen MR) is 60.2 cm³/mol. The average Bonchev–Trinajstić information content (AvgIpc) is 2.05. The quantitative estimate of drug-likeness (QED) is 0.674. The maximum atomic E-state index is 11.0. The number of rotatable bonds is 6. The Labute approximate surface area is 90.3 Å². The molecule has 13 heavy (non-hydrogen) atoms. The van der Waals surface area contributed by atoms with Gasteiger partial charge < -0.3 is 0 Å². The fourth-order valence-corrected chi connectivity index (χ4v) is 1.80. The third-order valence-electron chi connectivity index (χ3n) is 2.25. The highest BCUT2D eigenvalue weighted by Crippen LogP contribution is 2.22. The van der Waals surface area contributed by atoms with Gasteiger partial charge in [0, 0.05) is 11.8 Å². The molecule has 0 spiro atoms. The summed E-state index contributed by atoms with van der Waals surface area (Å²) in [6.45, 7) is 3.85. The normalized spacial score (nSPS) is 15.1. The van der Waals surface area contributed by atoms with Gasteiger partial charge in [-0.25, -0.2) is 0 Å². The van der Waals surface area contributed by atoms with E-state index >= 15 is 0 Å². The molecule has 0 bridgehead atoms. The summed E-state index contributed by atoms with van der Waals surface area (Å²) in [5.41, 5.74) is 0. The van der Waals surface area contributed by atoms with E-state index in [1.807, 2.05) is 13.8 Å². The minimum atomic E-state index is -0.129. The van der Waals surface area contributed by atoms with Gasteiger partial charge in [0.05, 0.1) is 0 Å². The van der Waals surface area contributed by atoms with Gasteiger partial charge in [-0.05, 0) is 19.3 Å². The Morgan fingerprint density at radius 2 is 1.31 bits per heavy atom. The Kier molecular flexibility index (Phi) is 6.51. The second-order valence-corrected chi connectivity index (χ2v) is 4.00. The zero-order valence-electron chi connectivity index (χ0n) is 7.99. The van der Waals surface area contributed by atoms with Crippen LogP contribution in [-0.2, 0) is 9.59 Å². The molecule has 0 saturated carbocycles. The highest BCUT2D eigenvalue weighted by atomic mass is 32.1. The number of hydrogen-bond donors (Lipinski definition) is 2. The Balaban J connectivity index is 4.19. The zero-order chi connectivity index (χ0) is 10.4. The zero-order valence-corrected chi connectivity index (χ0v) is 9.78. The number of carbonyl (C=O) groups is 2. The van der Waals surface area contributed by atoms with Crippen LogP contribution >= 0.6 is 25.3 Å². The van der Waals surface area contributed by atoms with E-state index in [0.29, 0.717) is 6.42 Å². The van der Waals surface area contributed by atoms with Gasteiger partial charge in [-0.3, -0.25) is 9.59 Å². The molecule has 0 N–H and O–H groups in total. The lowest BCUT2D eigenvalue weighted by Gasteiger charge is -2.15. The molecule has 4 heteroatoms. The summed E-state index contributed by atoms with van der Waals surface area (Å²) >= 11 is 7.56. The minimum absolute atomic E-state index is 0.107. The fraction of sp³-hybridized carbons (Fsp3) is 0.778. The summed E-state index contributed by atoms with van der Waals surface area (Å²) in [6, 6.07) is 0. The van der Waals surface area contributed by atoms with Gasteiger partial charge in [-0.1, -0.05) is 13.8 Å². The van der Waals surface area contributed by atoms with Crippen molar-refractivity contribution in [1.82, 2.24) is 0 Å². The monoisotopic (exact) mass is 220 g/mol. The van der Waals surface area contributed by atoms with Gasteiger partial charge >= 0.3 is 0 Å². The standard InChI is InChI=1S/C9H16O2S2/c1-3-6(8(10)12)5-7(4-2)9(11)13/h6-7H,3-5H2,1-2H3,(H,10,12)(H,11,13). The maximum absolute atomic E-state index is 11.0.